The highest BCUT2D eigenvalue weighted by atomic mass is 35.5. The van der Waals surface area contributed by atoms with E-state index in [0.29, 0.717) is 25.6 Å². The van der Waals surface area contributed by atoms with E-state index in [9.17, 15) is 4.79 Å². The molecule has 3 atom stereocenters. The molecule has 2 heterocycles. The van der Waals surface area contributed by atoms with Crippen molar-refractivity contribution in [2.24, 2.45) is 0 Å². The minimum absolute atomic E-state index is 0.0295. The molecule has 2 aliphatic rings. The Hall–Kier alpha value is -0.320. The van der Waals surface area contributed by atoms with E-state index in [1.165, 1.54) is 0 Å². The zero-order valence-electron chi connectivity index (χ0n) is 9.52. The van der Waals surface area contributed by atoms with Gasteiger partial charge in [-0.1, -0.05) is 0 Å². The molecule has 0 aromatic rings. The predicted octanol–water partition coefficient (Wildman–Crippen LogP) is 1.02. The second-order valence-electron chi connectivity index (χ2n) is 4.44. The van der Waals surface area contributed by atoms with E-state index < -0.39 is 0 Å². The van der Waals surface area contributed by atoms with Gasteiger partial charge in [-0.05, 0) is 19.8 Å². The van der Waals surface area contributed by atoms with Crippen LogP contribution in [0.5, 0.6) is 0 Å². The highest BCUT2D eigenvalue weighted by Gasteiger charge is 2.33. The van der Waals surface area contributed by atoms with Gasteiger partial charge in [0, 0.05) is 13.1 Å². The lowest BCUT2D eigenvalue weighted by molar-refractivity contribution is -0.149. The molecule has 0 radical (unpaired) electrons. The molecule has 2 aliphatic heterocycles. The molecule has 16 heavy (non-hydrogen) atoms. The summed E-state index contributed by atoms with van der Waals surface area (Å²) in [7, 11) is 0. The fourth-order valence-corrected chi connectivity index (χ4v) is 2.39. The molecule has 5 heteroatoms. The molecule has 2 fully saturated rings. The van der Waals surface area contributed by atoms with Crippen molar-refractivity contribution in [3.8, 4) is 0 Å². The highest BCUT2D eigenvalue weighted by molar-refractivity contribution is 6.18. The van der Waals surface area contributed by atoms with Gasteiger partial charge in [-0.3, -0.25) is 4.79 Å². The number of hydrogen-bond acceptors (Lipinski definition) is 3. The van der Waals surface area contributed by atoms with Crippen LogP contribution in [0.25, 0.3) is 0 Å². The standard InChI is InChI=1S/C11H18ClNO3/c1-8-2-3-10(16-8)11(14)13-4-5-15-9(6-12)7-13/h8-10H,2-7H2,1H3. The maximum Gasteiger partial charge on any atom is 0.251 e. The Balaban J connectivity index is 1.89. The zero-order chi connectivity index (χ0) is 11.5. The van der Waals surface area contributed by atoms with Crippen LogP contribution in [-0.4, -0.2) is 54.7 Å². The van der Waals surface area contributed by atoms with Gasteiger partial charge in [0.2, 0.25) is 0 Å². The average Bonchev–Trinajstić information content (AvgIpc) is 2.75. The number of carbonyl (C=O) groups is 1. The van der Waals surface area contributed by atoms with Crippen molar-refractivity contribution in [3.63, 3.8) is 0 Å². The summed E-state index contributed by atoms with van der Waals surface area (Å²) in [6.45, 7) is 3.83. The molecule has 4 nitrogen and oxygen atoms in total. The Labute approximate surface area is 101 Å². The summed E-state index contributed by atoms with van der Waals surface area (Å²) in [6.07, 6.45) is 1.74. The summed E-state index contributed by atoms with van der Waals surface area (Å²) < 4.78 is 11.0. The summed E-state index contributed by atoms with van der Waals surface area (Å²) >= 11 is 5.74. The number of rotatable bonds is 2. The van der Waals surface area contributed by atoms with Crippen LogP contribution in [0, 0.1) is 0 Å². The maximum absolute atomic E-state index is 12.1. The second-order valence-corrected chi connectivity index (χ2v) is 4.75. The number of hydrogen-bond donors (Lipinski definition) is 0. The SMILES string of the molecule is CC1CCC(C(=O)N2CCOC(CCl)C2)O1. The highest BCUT2D eigenvalue weighted by Crippen LogP contribution is 2.21. The first-order valence-electron chi connectivity index (χ1n) is 5.82. The molecule has 0 N–H and O–H groups in total. The summed E-state index contributed by atoms with van der Waals surface area (Å²) in [4.78, 5) is 13.9. The maximum atomic E-state index is 12.1. The van der Waals surface area contributed by atoms with Crippen LogP contribution in [0.3, 0.4) is 0 Å². The van der Waals surface area contributed by atoms with E-state index in [0.717, 1.165) is 12.8 Å². The van der Waals surface area contributed by atoms with E-state index >= 15 is 0 Å². The van der Waals surface area contributed by atoms with E-state index in [1.54, 1.807) is 0 Å². The quantitative estimate of drug-likeness (QED) is 0.684. The van der Waals surface area contributed by atoms with Crippen molar-refractivity contribution in [1.29, 1.82) is 0 Å². The number of alkyl halides is 1. The van der Waals surface area contributed by atoms with Gasteiger partial charge in [0.15, 0.2) is 0 Å². The van der Waals surface area contributed by atoms with E-state index in [2.05, 4.69) is 0 Å². The molecule has 0 aromatic heterocycles. The third-order valence-electron chi connectivity index (χ3n) is 3.13. The molecule has 0 spiro atoms. The van der Waals surface area contributed by atoms with Crippen molar-refractivity contribution >= 4 is 17.5 Å². The van der Waals surface area contributed by atoms with Gasteiger partial charge in [0.05, 0.1) is 24.7 Å². The van der Waals surface area contributed by atoms with Crippen LogP contribution in [0.4, 0.5) is 0 Å². The van der Waals surface area contributed by atoms with Gasteiger partial charge < -0.3 is 14.4 Å². The monoisotopic (exact) mass is 247 g/mol. The Bertz CT molecular complexity index is 262. The van der Waals surface area contributed by atoms with Crippen molar-refractivity contribution in [2.45, 2.75) is 38.1 Å². The van der Waals surface area contributed by atoms with Crippen LogP contribution in [-0.2, 0) is 14.3 Å². The van der Waals surface area contributed by atoms with Crippen LogP contribution in [0.1, 0.15) is 19.8 Å². The summed E-state index contributed by atoms with van der Waals surface area (Å²) in [5.74, 6) is 0.536. The van der Waals surface area contributed by atoms with Crippen LogP contribution < -0.4 is 0 Å². The Morgan fingerprint density at radius 2 is 2.31 bits per heavy atom. The predicted molar refractivity (Wildman–Crippen MR) is 60.6 cm³/mol. The van der Waals surface area contributed by atoms with Gasteiger partial charge in [-0.25, -0.2) is 0 Å². The molecular formula is C11H18ClNO3. The lowest BCUT2D eigenvalue weighted by Crippen LogP contribution is -2.49. The minimum atomic E-state index is -0.246. The third kappa shape index (κ3) is 2.67. The van der Waals surface area contributed by atoms with E-state index in [-0.39, 0.29) is 24.2 Å². The van der Waals surface area contributed by atoms with Crippen LogP contribution in [0.2, 0.25) is 0 Å². The van der Waals surface area contributed by atoms with Crippen molar-refractivity contribution in [2.75, 3.05) is 25.6 Å². The van der Waals surface area contributed by atoms with Crippen LogP contribution >= 0.6 is 11.6 Å². The lowest BCUT2D eigenvalue weighted by atomic mass is 10.1. The van der Waals surface area contributed by atoms with E-state index in [4.69, 9.17) is 21.1 Å². The van der Waals surface area contributed by atoms with Gasteiger partial charge in [-0.2, -0.15) is 0 Å². The summed E-state index contributed by atoms with van der Waals surface area (Å²) in [6, 6.07) is 0. The van der Waals surface area contributed by atoms with Crippen LogP contribution in [0.15, 0.2) is 0 Å². The van der Waals surface area contributed by atoms with Crippen molar-refractivity contribution in [1.82, 2.24) is 4.90 Å². The number of carbonyl (C=O) groups excluding carboxylic acids is 1. The number of halogens is 1. The van der Waals surface area contributed by atoms with Gasteiger partial charge in [-0.15, -0.1) is 11.6 Å². The van der Waals surface area contributed by atoms with E-state index in [1.807, 2.05) is 11.8 Å². The number of morpholine rings is 1. The summed E-state index contributed by atoms with van der Waals surface area (Å²) in [5, 5.41) is 0. The number of amides is 1. The molecule has 1 amide bonds. The van der Waals surface area contributed by atoms with Crippen molar-refractivity contribution in [3.05, 3.63) is 0 Å². The van der Waals surface area contributed by atoms with Gasteiger partial charge in [0.25, 0.3) is 5.91 Å². The smallest absolute Gasteiger partial charge is 0.251 e. The van der Waals surface area contributed by atoms with Crippen molar-refractivity contribution < 1.29 is 14.3 Å². The molecule has 0 bridgehead atoms. The Kier molecular flexibility index (Phi) is 4.05. The normalized spacial score (nSPS) is 35.4. The fourth-order valence-electron chi connectivity index (χ4n) is 2.20. The molecule has 92 valence electrons. The Morgan fingerprint density at radius 1 is 1.50 bits per heavy atom. The molecule has 2 saturated heterocycles. The minimum Gasteiger partial charge on any atom is -0.373 e. The van der Waals surface area contributed by atoms with Gasteiger partial charge >= 0.3 is 0 Å². The topological polar surface area (TPSA) is 38.8 Å². The third-order valence-corrected chi connectivity index (χ3v) is 3.47. The summed E-state index contributed by atoms with van der Waals surface area (Å²) in [5.41, 5.74) is 0. The average molecular weight is 248 g/mol. The number of ether oxygens (including phenoxy) is 2. The first kappa shape index (κ1) is 12.1. The number of nitrogens with zero attached hydrogens (tertiary/aromatic N) is 1. The van der Waals surface area contributed by atoms with Gasteiger partial charge in [0.1, 0.15) is 6.10 Å². The molecule has 0 aromatic carbocycles. The second kappa shape index (κ2) is 5.34. The first-order chi connectivity index (χ1) is 7.70. The molecule has 0 aliphatic carbocycles. The Morgan fingerprint density at radius 3 is 2.94 bits per heavy atom. The zero-order valence-corrected chi connectivity index (χ0v) is 10.3. The fraction of sp³-hybridized carbons (Fsp3) is 0.909. The molecule has 3 unspecified atom stereocenters. The first-order valence-corrected chi connectivity index (χ1v) is 6.36. The largest absolute Gasteiger partial charge is 0.373 e. The lowest BCUT2D eigenvalue weighted by Gasteiger charge is -2.33. The molecule has 2 rings (SSSR count). The molecular weight excluding hydrogens is 230 g/mol. The molecule has 0 saturated carbocycles.